The van der Waals surface area contributed by atoms with Gasteiger partial charge in [-0.3, -0.25) is 9.38 Å². The third kappa shape index (κ3) is 3.94. The zero-order chi connectivity index (χ0) is 23.9. The van der Waals surface area contributed by atoms with Crippen LogP contribution in [0.15, 0.2) is 67.0 Å². The van der Waals surface area contributed by atoms with Crippen LogP contribution in [0.4, 0.5) is 0 Å². The van der Waals surface area contributed by atoms with Gasteiger partial charge in [0, 0.05) is 23.0 Å². The first-order valence-electron chi connectivity index (χ1n) is 12.3. The number of imidazole rings is 1. The highest BCUT2D eigenvalue weighted by atomic mass is 16.4. The van der Waals surface area contributed by atoms with E-state index in [1.54, 1.807) is 6.33 Å². The van der Waals surface area contributed by atoms with Gasteiger partial charge in [-0.1, -0.05) is 36.4 Å². The van der Waals surface area contributed by atoms with Crippen LogP contribution in [-0.4, -0.2) is 50.0 Å². The van der Waals surface area contributed by atoms with Crippen molar-refractivity contribution in [3.8, 4) is 0 Å². The van der Waals surface area contributed by atoms with E-state index in [4.69, 9.17) is 4.98 Å². The fourth-order valence-electron chi connectivity index (χ4n) is 5.64. The Morgan fingerprint density at radius 1 is 0.971 bits per heavy atom. The normalized spacial score (nSPS) is 15.3. The summed E-state index contributed by atoms with van der Waals surface area (Å²) in [6.07, 6.45) is 4.90. The van der Waals surface area contributed by atoms with Crippen molar-refractivity contribution >= 4 is 33.3 Å². The van der Waals surface area contributed by atoms with Gasteiger partial charge in [-0.2, -0.15) is 0 Å². The van der Waals surface area contributed by atoms with Gasteiger partial charge in [-0.15, -0.1) is 0 Å². The highest BCUT2D eigenvalue weighted by Crippen LogP contribution is 2.33. The third-order valence-corrected chi connectivity index (χ3v) is 7.48. The average molecular weight is 465 g/mol. The van der Waals surface area contributed by atoms with Crippen LogP contribution in [0, 0.1) is 6.92 Å². The van der Waals surface area contributed by atoms with Gasteiger partial charge in [0.25, 0.3) is 0 Å². The van der Waals surface area contributed by atoms with Gasteiger partial charge in [-0.05, 0) is 80.6 Å². The zero-order valence-corrected chi connectivity index (χ0v) is 19.8. The zero-order valence-electron chi connectivity index (χ0n) is 19.8. The van der Waals surface area contributed by atoms with Crippen LogP contribution in [-0.2, 0) is 6.42 Å². The fourth-order valence-corrected chi connectivity index (χ4v) is 5.64. The number of benzene rings is 2. The van der Waals surface area contributed by atoms with Gasteiger partial charge in [0.1, 0.15) is 6.33 Å². The lowest BCUT2D eigenvalue weighted by Gasteiger charge is -2.32. The Hall–Kier alpha value is -3.77. The molecule has 0 spiro atoms. The van der Waals surface area contributed by atoms with E-state index in [-0.39, 0.29) is 5.69 Å². The summed E-state index contributed by atoms with van der Waals surface area (Å²) in [5.74, 6) is -0.420. The highest BCUT2D eigenvalue weighted by Gasteiger charge is 2.22. The first-order valence-corrected chi connectivity index (χ1v) is 12.3. The number of nitrogens with zero attached hydrogens (tertiary/aromatic N) is 4. The molecule has 1 aliphatic heterocycles. The summed E-state index contributed by atoms with van der Waals surface area (Å²) in [5.41, 5.74) is 6.61. The summed E-state index contributed by atoms with van der Waals surface area (Å²) in [7, 11) is 0. The summed E-state index contributed by atoms with van der Waals surface area (Å²) in [5, 5.41) is 11.8. The van der Waals surface area contributed by atoms with Crippen molar-refractivity contribution in [3.05, 3.63) is 89.5 Å². The van der Waals surface area contributed by atoms with Crippen LogP contribution in [0.3, 0.4) is 0 Å². The molecule has 0 saturated carbocycles. The molecule has 6 nitrogen and oxygen atoms in total. The molecule has 1 fully saturated rings. The second-order valence-electron chi connectivity index (χ2n) is 9.57. The number of carbonyl (C=O) groups is 1. The molecule has 0 bridgehead atoms. The van der Waals surface area contributed by atoms with Crippen molar-refractivity contribution < 1.29 is 9.90 Å². The standard InChI is InChI=1S/C29H28N4O2/c1-19-8-9-24-22(5-3-6-25(24)31-19)21-13-16-32(17-14-21)15-12-20-4-2-7-26-23(20)10-11-27-28(29(34)35)30-18-33(26)27/h2-11,18,21H,12-17H2,1H3,(H,34,35). The molecule has 3 aromatic heterocycles. The van der Waals surface area contributed by atoms with E-state index >= 15 is 0 Å². The monoisotopic (exact) mass is 464 g/mol. The third-order valence-electron chi connectivity index (χ3n) is 7.48. The number of hydrogen-bond donors (Lipinski definition) is 1. The summed E-state index contributed by atoms with van der Waals surface area (Å²) >= 11 is 0. The van der Waals surface area contributed by atoms with E-state index in [1.807, 2.05) is 29.5 Å². The van der Waals surface area contributed by atoms with Crippen molar-refractivity contribution in [2.75, 3.05) is 19.6 Å². The maximum Gasteiger partial charge on any atom is 0.356 e. The topological polar surface area (TPSA) is 70.7 Å². The molecule has 0 aliphatic carbocycles. The lowest BCUT2D eigenvalue weighted by atomic mass is 9.87. The maximum atomic E-state index is 11.5. The van der Waals surface area contributed by atoms with Gasteiger partial charge in [0.2, 0.25) is 0 Å². The molecular weight excluding hydrogens is 436 g/mol. The number of carboxylic acids is 1. The molecule has 1 saturated heterocycles. The first kappa shape index (κ1) is 21.7. The fraction of sp³-hybridized carbons (Fsp3) is 0.276. The molecule has 2 aromatic carbocycles. The molecule has 0 radical (unpaired) electrons. The second kappa shape index (κ2) is 8.78. The first-order chi connectivity index (χ1) is 17.1. The Morgan fingerprint density at radius 2 is 1.77 bits per heavy atom. The van der Waals surface area contributed by atoms with Crippen LogP contribution in [0.25, 0.3) is 27.3 Å². The largest absolute Gasteiger partial charge is 0.476 e. The number of rotatable bonds is 5. The molecule has 0 unspecified atom stereocenters. The number of piperidine rings is 1. The number of hydrogen-bond acceptors (Lipinski definition) is 4. The molecule has 0 amide bonds. The smallest absolute Gasteiger partial charge is 0.356 e. The molecule has 4 heterocycles. The predicted octanol–water partition coefficient (Wildman–Crippen LogP) is 5.46. The summed E-state index contributed by atoms with van der Waals surface area (Å²) in [6.45, 7) is 5.26. The molecule has 35 heavy (non-hydrogen) atoms. The van der Waals surface area contributed by atoms with Crippen molar-refractivity contribution in [2.24, 2.45) is 0 Å². The summed E-state index contributed by atoms with van der Waals surface area (Å²) in [4.78, 5) is 22.9. The summed E-state index contributed by atoms with van der Waals surface area (Å²) < 4.78 is 1.88. The number of carboxylic acid groups (broad SMARTS) is 1. The quantitative estimate of drug-likeness (QED) is 0.374. The van der Waals surface area contributed by atoms with Gasteiger partial charge in [0.15, 0.2) is 5.69 Å². The van der Waals surface area contributed by atoms with E-state index in [2.05, 4.69) is 52.3 Å². The van der Waals surface area contributed by atoms with Crippen molar-refractivity contribution in [3.63, 3.8) is 0 Å². The lowest BCUT2D eigenvalue weighted by Crippen LogP contribution is -2.34. The highest BCUT2D eigenvalue weighted by molar-refractivity contribution is 5.96. The minimum absolute atomic E-state index is 0.0947. The number of aromatic nitrogens is 3. The van der Waals surface area contributed by atoms with E-state index < -0.39 is 5.97 Å². The van der Waals surface area contributed by atoms with E-state index in [9.17, 15) is 9.90 Å². The van der Waals surface area contributed by atoms with Crippen molar-refractivity contribution in [1.82, 2.24) is 19.3 Å². The van der Waals surface area contributed by atoms with E-state index in [0.717, 1.165) is 61.0 Å². The molecular formula is C29H28N4O2. The minimum Gasteiger partial charge on any atom is -0.476 e. The van der Waals surface area contributed by atoms with E-state index in [0.29, 0.717) is 11.4 Å². The van der Waals surface area contributed by atoms with Crippen LogP contribution >= 0.6 is 0 Å². The molecule has 6 heteroatoms. The SMILES string of the molecule is Cc1ccc2c(C3CCN(CCc4cccc5c4ccc4c(C(=O)O)ncn45)CC3)cccc2n1. The predicted molar refractivity (Wildman–Crippen MR) is 138 cm³/mol. The molecule has 1 N–H and O–H groups in total. The Balaban J connectivity index is 1.16. The Labute approximate surface area is 203 Å². The maximum absolute atomic E-state index is 11.5. The molecule has 5 aromatic rings. The van der Waals surface area contributed by atoms with Gasteiger partial charge in [-0.25, -0.2) is 9.78 Å². The van der Waals surface area contributed by atoms with E-state index in [1.165, 1.54) is 16.5 Å². The van der Waals surface area contributed by atoms with Gasteiger partial charge in [0.05, 0.1) is 16.6 Å². The van der Waals surface area contributed by atoms with Crippen molar-refractivity contribution in [2.45, 2.75) is 32.1 Å². The molecule has 1 aliphatic rings. The molecule has 176 valence electrons. The van der Waals surface area contributed by atoms with Gasteiger partial charge < -0.3 is 10.0 Å². The van der Waals surface area contributed by atoms with Crippen LogP contribution in [0.2, 0.25) is 0 Å². The molecule has 6 rings (SSSR count). The number of likely N-dealkylation sites (tertiary alicyclic amines) is 1. The Morgan fingerprint density at radius 3 is 2.60 bits per heavy atom. The minimum atomic E-state index is -0.999. The number of pyridine rings is 2. The number of aromatic carboxylic acids is 1. The van der Waals surface area contributed by atoms with Crippen LogP contribution in [0.5, 0.6) is 0 Å². The number of aryl methyl sites for hydroxylation is 1. The van der Waals surface area contributed by atoms with Gasteiger partial charge >= 0.3 is 5.97 Å². The van der Waals surface area contributed by atoms with Crippen molar-refractivity contribution in [1.29, 1.82) is 0 Å². The van der Waals surface area contributed by atoms with Crippen LogP contribution < -0.4 is 0 Å². The van der Waals surface area contributed by atoms with Crippen LogP contribution in [0.1, 0.15) is 46.1 Å². The Kier molecular flexibility index (Phi) is 5.46. The number of fused-ring (bicyclic) bond motifs is 4. The summed E-state index contributed by atoms with van der Waals surface area (Å²) in [6, 6.07) is 21.1. The lowest BCUT2D eigenvalue weighted by molar-refractivity contribution is 0.0693. The second-order valence-corrected chi connectivity index (χ2v) is 9.57. The Bertz CT molecular complexity index is 1560. The molecule has 0 atom stereocenters. The average Bonchev–Trinajstić information content (AvgIpc) is 3.32.